The highest BCUT2D eigenvalue weighted by atomic mass is 32.2. The first kappa shape index (κ1) is 19.0. The average Bonchev–Trinajstić information content (AvgIpc) is 3.43. The highest BCUT2D eigenvalue weighted by Crippen LogP contribution is 2.36. The van der Waals surface area contributed by atoms with Gasteiger partial charge in [0.15, 0.2) is 0 Å². The zero-order valence-corrected chi connectivity index (χ0v) is 17.6. The van der Waals surface area contributed by atoms with Crippen molar-refractivity contribution >= 4 is 43.9 Å². The van der Waals surface area contributed by atoms with Gasteiger partial charge in [0.2, 0.25) is 0 Å². The van der Waals surface area contributed by atoms with Gasteiger partial charge in [0.25, 0.3) is 15.9 Å². The van der Waals surface area contributed by atoms with Crippen LogP contribution in [0.3, 0.4) is 0 Å². The number of sulfonamides is 1. The summed E-state index contributed by atoms with van der Waals surface area (Å²) in [7, 11) is -4.08. The van der Waals surface area contributed by atoms with Crippen molar-refractivity contribution in [2.75, 3.05) is 4.31 Å². The van der Waals surface area contributed by atoms with Gasteiger partial charge in [-0.25, -0.2) is 0 Å². The van der Waals surface area contributed by atoms with Gasteiger partial charge in [-0.2, -0.15) is 12.7 Å². The minimum atomic E-state index is -4.08. The third-order valence-electron chi connectivity index (χ3n) is 5.27. The van der Waals surface area contributed by atoms with E-state index < -0.39 is 15.9 Å². The third kappa shape index (κ3) is 3.12. The molecule has 1 amide bonds. The number of amides is 1. The van der Waals surface area contributed by atoms with E-state index >= 15 is 0 Å². The number of aromatic nitrogens is 1. The Bertz CT molecular complexity index is 1330. The van der Waals surface area contributed by atoms with Crippen molar-refractivity contribution in [3.63, 3.8) is 0 Å². The van der Waals surface area contributed by atoms with Crippen LogP contribution < -0.4 is 4.31 Å². The van der Waals surface area contributed by atoms with Gasteiger partial charge in [0, 0.05) is 35.3 Å². The maximum Gasteiger partial charge on any atom is 0.280 e. The number of nitrogens with zero attached hydrogens (tertiary/aromatic N) is 2. The molecule has 1 aliphatic carbocycles. The monoisotopic (exact) mass is 438 g/mol. The minimum absolute atomic E-state index is 0.110. The molecule has 0 aliphatic heterocycles. The molecule has 4 aromatic rings. The molecule has 1 aliphatic rings. The maximum absolute atomic E-state index is 13.4. The molecule has 0 saturated heterocycles. The van der Waals surface area contributed by atoms with Gasteiger partial charge >= 0.3 is 0 Å². The molecule has 152 valence electrons. The van der Waals surface area contributed by atoms with Crippen LogP contribution in [0.25, 0.3) is 11.0 Å². The van der Waals surface area contributed by atoms with Crippen LogP contribution >= 0.6 is 11.3 Å². The molecule has 5 rings (SSSR count). The first-order valence-electron chi connectivity index (χ1n) is 9.63. The molecular formula is C22H18N2O4S2. The summed E-state index contributed by atoms with van der Waals surface area (Å²) in [5.41, 5.74) is 2.38. The predicted octanol–water partition coefficient (Wildman–Crippen LogP) is 4.80. The zero-order valence-electron chi connectivity index (χ0n) is 15.9. The number of rotatable bonds is 4. The van der Waals surface area contributed by atoms with Gasteiger partial charge in [0.05, 0.1) is 5.69 Å². The smallest absolute Gasteiger partial charge is 0.280 e. The standard InChI is InChI=1S/C22H18N2O4S2/c25-22(15-9-11-23-12-10-15)24(30(26,27)21-6-3-13-29-21)16-7-8-20-18(14-16)17-4-1-2-5-19(17)28-20/h3,6-14H,1-2,4-5H2. The number of hydrogen-bond acceptors (Lipinski definition) is 6. The molecule has 0 radical (unpaired) electrons. The molecule has 30 heavy (non-hydrogen) atoms. The number of carbonyl (C=O) groups excluding carboxylic acids is 1. The fourth-order valence-corrected chi connectivity index (χ4v) is 6.32. The summed E-state index contributed by atoms with van der Waals surface area (Å²) in [6.45, 7) is 0. The molecule has 8 heteroatoms. The molecule has 0 spiro atoms. The number of fused-ring (bicyclic) bond motifs is 3. The van der Waals surface area contributed by atoms with E-state index in [0.29, 0.717) is 5.69 Å². The summed E-state index contributed by atoms with van der Waals surface area (Å²) < 4.78 is 33.9. The van der Waals surface area contributed by atoms with Crippen LogP contribution in [0.1, 0.15) is 34.5 Å². The summed E-state index contributed by atoms with van der Waals surface area (Å²) in [4.78, 5) is 17.3. The van der Waals surface area contributed by atoms with Gasteiger partial charge in [-0.3, -0.25) is 9.78 Å². The van der Waals surface area contributed by atoms with E-state index in [1.54, 1.807) is 29.6 Å². The van der Waals surface area contributed by atoms with E-state index in [9.17, 15) is 13.2 Å². The molecule has 0 N–H and O–H groups in total. The van der Waals surface area contributed by atoms with E-state index in [1.165, 1.54) is 30.6 Å². The van der Waals surface area contributed by atoms with Crippen molar-refractivity contribution in [1.82, 2.24) is 4.98 Å². The Labute approximate surface area is 177 Å². The van der Waals surface area contributed by atoms with Crippen LogP contribution in [-0.4, -0.2) is 19.3 Å². The molecule has 0 atom stereocenters. The van der Waals surface area contributed by atoms with Crippen LogP contribution in [0.5, 0.6) is 0 Å². The van der Waals surface area contributed by atoms with Crippen LogP contribution in [0.15, 0.2) is 68.9 Å². The average molecular weight is 439 g/mol. The van der Waals surface area contributed by atoms with Crippen molar-refractivity contribution in [3.8, 4) is 0 Å². The summed E-state index contributed by atoms with van der Waals surface area (Å²) >= 11 is 1.08. The predicted molar refractivity (Wildman–Crippen MR) is 115 cm³/mol. The number of anilines is 1. The highest BCUT2D eigenvalue weighted by Gasteiger charge is 2.33. The fraction of sp³-hybridized carbons (Fsp3) is 0.182. The summed E-state index contributed by atoms with van der Waals surface area (Å²) in [5.74, 6) is 0.337. The number of hydrogen-bond donors (Lipinski definition) is 0. The first-order valence-corrected chi connectivity index (χ1v) is 12.0. The lowest BCUT2D eigenvalue weighted by molar-refractivity contribution is 0.101. The number of carbonyl (C=O) groups is 1. The largest absolute Gasteiger partial charge is 0.461 e. The summed E-state index contributed by atoms with van der Waals surface area (Å²) in [6.07, 6.45) is 6.87. The number of pyridine rings is 1. The minimum Gasteiger partial charge on any atom is -0.461 e. The van der Waals surface area contributed by atoms with Crippen molar-refractivity contribution in [1.29, 1.82) is 0 Å². The number of benzene rings is 1. The Morgan fingerprint density at radius 3 is 2.63 bits per heavy atom. The highest BCUT2D eigenvalue weighted by molar-refractivity contribution is 7.95. The number of thiophene rings is 1. The van der Waals surface area contributed by atoms with Crippen LogP contribution in [-0.2, 0) is 22.9 Å². The molecule has 0 bridgehead atoms. The van der Waals surface area contributed by atoms with E-state index in [0.717, 1.165) is 63.6 Å². The van der Waals surface area contributed by atoms with E-state index in [4.69, 9.17) is 4.42 Å². The van der Waals surface area contributed by atoms with Crippen molar-refractivity contribution in [3.05, 3.63) is 77.1 Å². The topological polar surface area (TPSA) is 80.5 Å². The Morgan fingerprint density at radius 1 is 1.07 bits per heavy atom. The zero-order chi connectivity index (χ0) is 20.7. The lowest BCUT2D eigenvalue weighted by atomic mass is 9.96. The fourth-order valence-electron chi connectivity index (χ4n) is 3.85. The molecule has 0 fully saturated rings. The van der Waals surface area contributed by atoms with Crippen molar-refractivity contribution < 1.29 is 17.6 Å². The van der Waals surface area contributed by atoms with E-state index in [-0.39, 0.29) is 9.77 Å². The Kier molecular flexibility index (Phi) is 4.67. The number of aryl methyl sites for hydroxylation is 2. The normalized spacial score (nSPS) is 13.9. The van der Waals surface area contributed by atoms with Gasteiger partial charge < -0.3 is 4.42 Å². The lowest BCUT2D eigenvalue weighted by Gasteiger charge is -2.22. The number of furan rings is 1. The lowest BCUT2D eigenvalue weighted by Crippen LogP contribution is -2.36. The van der Waals surface area contributed by atoms with Crippen molar-refractivity contribution in [2.24, 2.45) is 0 Å². The molecular weight excluding hydrogens is 420 g/mol. The third-order valence-corrected chi connectivity index (χ3v) is 8.36. The van der Waals surface area contributed by atoms with Gasteiger partial charge in [-0.05, 0) is 61.0 Å². The van der Waals surface area contributed by atoms with Gasteiger partial charge in [0.1, 0.15) is 15.6 Å². The van der Waals surface area contributed by atoms with Crippen LogP contribution in [0, 0.1) is 0 Å². The second kappa shape index (κ2) is 7.37. The molecule has 0 saturated carbocycles. The Hall–Kier alpha value is -2.97. The molecule has 6 nitrogen and oxygen atoms in total. The van der Waals surface area contributed by atoms with Gasteiger partial charge in [-0.15, -0.1) is 11.3 Å². The van der Waals surface area contributed by atoms with E-state index in [2.05, 4.69) is 4.98 Å². The summed E-state index contributed by atoms with van der Waals surface area (Å²) in [6, 6.07) is 11.3. The molecule has 1 aromatic carbocycles. The SMILES string of the molecule is O=C(c1ccncc1)N(c1ccc2oc3c(c2c1)CCCC3)S(=O)(=O)c1cccs1. The molecule has 0 unspecified atom stereocenters. The van der Waals surface area contributed by atoms with Crippen molar-refractivity contribution in [2.45, 2.75) is 29.9 Å². The quantitative estimate of drug-likeness (QED) is 0.457. The van der Waals surface area contributed by atoms with Gasteiger partial charge in [-0.1, -0.05) is 6.07 Å². The van der Waals surface area contributed by atoms with Crippen LogP contribution in [0.2, 0.25) is 0 Å². The first-order chi connectivity index (χ1) is 14.6. The Morgan fingerprint density at radius 2 is 1.87 bits per heavy atom. The van der Waals surface area contributed by atoms with E-state index in [1.807, 2.05) is 0 Å². The maximum atomic E-state index is 13.4. The van der Waals surface area contributed by atoms with Crippen LogP contribution in [0.4, 0.5) is 5.69 Å². The molecule has 3 heterocycles. The Balaban J connectivity index is 1.69. The second-order valence-electron chi connectivity index (χ2n) is 7.13. The second-order valence-corrected chi connectivity index (χ2v) is 10.1. The molecule has 3 aromatic heterocycles. The summed E-state index contributed by atoms with van der Waals surface area (Å²) in [5, 5.41) is 2.55.